The van der Waals surface area contributed by atoms with Crippen molar-refractivity contribution in [3.05, 3.63) is 35.4 Å². The number of nitrogens with one attached hydrogen (secondary N) is 4. The summed E-state index contributed by atoms with van der Waals surface area (Å²) in [6.45, 7) is 5.92. The second-order valence-electron chi connectivity index (χ2n) is 11.5. The van der Waals surface area contributed by atoms with Gasteiger partial charge in [0.2, 0.25) is 18.2 Å². The minimum atomic E-state index is -0.813. The Kier molecular flexibility index (Phi) is 12.0. The highest BCUT2D eigenvalue weighted by molar-refractivity contribution is 7.98. The molecule has 1 aromatic carbocycles. The number of nitrogens with two attached hydrogens (primary N) is 1. The zero-order valence-electron chi connectivity index (χ0n) is 24.9. The van der Waals surface area contributed by atoms with Crippen LogP contribution >= 0.6 is 11.8 Å². The number of carbonyl (C=O) groups excluding carboxylic acids is 5. The molecule has 11 nitrogen and oxygen atoms in total. The smallest absolute Gasteiger partial charge is 0.246 e. The minimum Gasteiger partial charge on any atom is -0.370 e. The molecule has 6 atom stereocenters. The second kappa shape index (κ2) is 15.2. The van der Waals surface area contributed by atoms with Crippen LogP contribution in [0.5, 0.6) is 0 Å². The predicted molar refractivity (Wildman–Crippen MR) is 163 cm³/mol. The summed E-state index contributed by atoms with van der Waals surface area (Å²) < 4.78 is 0. The summed E-state index contributed by atoms with van der Waals surface area (Å²) in [7, 11) is 0. The first-order valence-electron chi connectivity index (χ1n) is 14.6. The van der Waals surface area contributed by atoms with Crippen molar-refractivity contribution in [2.24, 2.45) is 17.6 Å². The lowest BCUT2D eigenvalue weighted by molar-refractivity contribution is -0.142. The molecule has 3 rings (SSSR count). The van der Waals surface area contributed by atoms with Gasteiger partial charge in [-0.1, -0.05) is 38.1 Å². The fraction of sp³-hybridized carbons (Fsp3) is 0.600. The summed E-state index contributed by atoms with van der Waals surface area (Å²) >= 11 is 1.55. The van der Waals surface area contributed by atoms with E-state index in [-0.39, 0.29) is 35.4 Å². The Morgan fingerprint density at radius 1 is 1.21 bits per heavy atom. The average molecular weight is 601 g/mol. The average Bonchev–Trinajstić information content (AvgIpc) is 3.22. The largest absolute Gasteiger partial charge is 0.370 e. The molecule has 3 amide bonds. The van der Waals surface area contributed by atoms with Gasteiger partial charge in [0, 0.05) is 30.8 Å². The third-order valence-corrected chi connectivity index (χ3v) is 8.88. The van der Waals surface area contributed by atoms with Crippen LogP contribution in [0.3, 0.4) is 0 Å². The summed E-state index contributed by atoms with van der Waals surface area (Å²) in [6, 6.07) is 4.96. The van der Waals surface area contributed by atoms with E-state index in [1.54, 1.807) is 16.7 Å². The number of Topliss-reactive ketones (excluding diaryl/α,β-unsaturated/α-hetero) is 2. The van der Waals surface area contributed by atoms with E-state index in [9.17, 15) is 24.0 Å². The maximum absolute atomic E-state index is 14.4. The van der Waals surface area contributed by atoms with Crippen LogP contribution in [0.1, 0.15) is 63.5 Å². The van der Waals surface area contributed by atoms with E-state index in [0.29, 0.717) is 50.8 Å². The molecule has 6 N–H and O–H groups in total. The van der Waals surface area contributed by atoms with Crippen LogP contribution in [0.25, 0.3) is 0 Å². The molecule has 0 radical (unpaired) electrons. The number of guanidine groups is 1. The molecule has 1 aromatic rings. The highest BCUT2D eigenvalue weighted by Gasteiger charge is 2.50. The van der Waals surface area contributed by atoms with Gasteiger partial charge in [-0.3, -0.25) is 29.4 Å². The van der Waals surface area contributed by atoms with E-state index in [1.807, 2.05) is 51.3 Å². The van der Waals surface area contributed by atoms with Crippen molar-refractivity contribution in [1.82, 2.24) is 20.9 Å². The number of amides is 3. The number of benzene rings is 1. The first-order chi connectivity index (χ1) is 20.0. The maximum Gasteiger partial charge on any atom is 0.246 e. The predicted octanol–water partition coefficient (Wildman–Crippen LogP) is 1.34. The van der Waals surface area contributed by atoms with Gasteiger partial charge in [0.1, 0.15) is 17.9 Å². The number of carbonyl (C=O) groups is 5. The van der Waals surface area contributed by atoms with Crippen molar-refractivity contribution in [2.75, 3.05) is 18.6 Å². The molecular formula is C30H44N6O5S. The zero-order chi connectivity index (χ0) is 31.0. The lowest BCUT2D eigenvalue weighted by Gasteiger charge is -2.40. The van der Waals surface area contributed by atoms with E-state index in [0.717, 1.165) is 11.1 Å². The second-order valence-corrected chi connectivity index (χ2v) is 12.4. The van der Waals surface area contributed by atoms with Crippen LogP contribution in [-0.4, -0.2) is 83.4 Å². The van der Waals surface area contributed by atoms with Crippen molar-refractivity contribution in [2.45, 2.75) is 83.0 Å². The Morgan fingerprint density at radius 3 is 2.57 bits per heavy atom. The lowest BCUT2D eigenvalue weighted by Crippen LogP contribution is -2.55. The van der Waals surface area contributed by atoms with Crippen molar-refractivity contribution >= 4 is 47.5 Å². The number of likely N-dealkylation sites (tertiary alicyclic amines) is 1. The number of fused-ring (bicyclic) bond motifs is 1. The summed E-state index contributed by atoms with van der Waals surface area (Å²) in [5.74, 6) is -2.03. The number of hydrogen-bond donors (Lipinski definition) is 5. The molecule has 0 spiro atoms. The highest BCUT2D eigenvalue weighted by atomic mass is 32.2. The van der Waals surface area contributed by atoms with Crippen molar-refractivity contribution < 1.29 is 24.0 Å². The molecule has 1 heterocycles. The van der Waals surface area contributed by atoms with Crippen LogP contribution in [0, 0.1) is 17.2 Å². The summed E-state index contributed by atoms with van der Waals surface area (Å²) in [6.07, 6.45) is 4.46. The summed E-state index contributed by atoms with van der Waals surface area (Å²) in [5, 5.41) is 15.5. The lowest BCUT2D eigenvalue weighted by atomic mass is 9.68. The minimum absolute atomic E-state index is 0.0171. The highest BCUT2D eigenvalue weighted by Crippen LogP contribution is 2.41. The number of nitrogens with zero attached hydrogens (tertiary/aromatic N) is 1. The third kappa shape index (κ3) is 7.70. The van der Waals surface area contributed by atoms with Gasteiger partial charge in [0.25, 0.3) is 0 Å². The van der Waals surface area contributed by atoms with Gasteiger partial charge < -0.3 is 26.6 Å². The Hall–Kier alpha value is -3.41. The topological polar surface area (TPSA) is 175 Å². The molecule has 1 fully saturated rings. The Balaban J connectivity index is 1.89. The fourth-order valence-electron chi connectivity index (χ4n) is 6.20. The van der Waals surface area contributed by atoms with Crippen molar-refractivity contribution in [3.63, 3.8) is 0 Å². The Labute approximate surface area is 252 Å². The number of ketones is 2. The van der Waals surface area contributed by atoms with Crippen LogP contribution in [0.15, 0.2) is 24.3 Å². The van der Waals surface area contributed by atoms with E-state index in [2.05, 4.69) is 16.0 Å². The fourth-order valence-corrected chi connectivity index (χ4v) is 6.68. The molecule has 12 heteroatoms. The third-order valence-electron chi connectivity index (χ3n) is 8.24. The molecule has 0 bridgehead atoms. The standard InChI is InChI=1S/C30H44N6O5S/c1-17(2)26(38)21(10-7-12-33-30(31)32)25-20-9-6-5-8-19(20)15-24(27(25)39)36-18(3)14-23(29(36)41)35-28(40)22(34-16-37)11-13-42-4/h5-6,8-9,16-18,21-25H,7,10-15H2,1-4H3,(H,34,37)(H,35,40)(H4,31,32,33)/t18?,21-,22+,23+,24+,25?/m1/s1. The molecule has 1 aliphatic carbocycles. The van der Waals surface area contributed by atoms with Crippen LogP contribution < -0.4 is 21.7 Å². The van der Waals surface area contributed by atoms with Gasteiger partial charge in [0.15, 0.2) is 11.7 Å². The molecule has 0 aromatic heterocycles. The molecule has 2 unspecified atom stereocenters. The molecular weight excluding hydrogens is 556 g/mol. The molecule has 1 saturated heterocycles. The van der Waals surface area contributed by atoms with Gasteiger partial charge in [-0.25, -0.2) is 0 Å². The SMILES string of the molecule is CSCC[C@H](NC=O)C(=O)N[C@H]1CC(C)N([C@H]2Cc3ccccc3C([C@@H](CCCNC(=N)N)C(=O)C(C)C)C2=O)C1=O. The normalized spacial score (nSPS) is 23.2. The van der Waals surface area contributed by atoms with Gasteiger partial charge >= 0.3 is 0 Å². The Bertz CT molecular complexity index is 1180. The van der Waals surface area contributed by atoms with E-state index < -0.39 is 35.9 Å². The number of rotatable bonds is 15. The van der Waals surface area contributed by atoms with Gasteiger partial charge in [-0.15, -0.1) is 0 Å². The van der Waals surface area contributed by atoms with Gasteiger partial charge in [0.05, 0.1) is 12.0 Å². The van der Waals surface area contributed by atoms with Crippen molar-refractivity contribution in [3.8, 4) is 0 Å². The zero-order valence-corrected chi connectivity index (χ0v) is 25.7. The van der Waals surface area contributed by atoms with Gasteiger partial charge in [-0.2, -0.15) is 11.8 Å². The molecule has 230 valence electrons. The van der Waals surface area contributed by atoms with E-state index >= 15 is 0 Å². The molecule has 1 aliphatic heterocycles. The quantitative estimate of drug-likeness (QED) is 0.0868. The van der Waals surface area contributed by atoms with Crippen LogP contribution in [-0.2, 0) is 30.4 Å². The monoisotopic (exact) mass is 600 g/mol. The van der Waals surface area contributed by atoms with E-state index in [4.69, 9.17) is 11.1 Å². The Morgan fingerprint density at radius 2 is 1.93 bits per heavy atom. The summed E-state index contributed by atoms with van der Waals surface area (Å²) in [5.41, 5.74) is 7.17. The summed E-state index contributed by atoms with van der Waals surface area (Å²) in [4.78, 5) is 67.3. The molecule has 0 saturated carbocycles. The molecule has 42 heavy (non-hydrogen) atoms. The van der Waals surface area contributed by atoms with Crippen molar-refractivity contribution in [1.29, 1.82) is 5.41 Å². The van der Waals surface area contributed by atoms with Crippen LogP contribution in [0.2, 0.25) is 0 Å². The first kappa shape index (κ1) is 33.1. The molecule has 2 aliphatic rings. The maximum atomic E-state index is 14.4. The van der Waals surface area contributed by atoms with Crippen LogP contribution in [0.4, 0.5) is 0 Å². The van der Waals surface area contributed by atoms with Gasteiger partial charge in [-0.05, 0) is 55.7 Å². The number of thioether (sulfide) groups is 1. The first-order valence-corrected chi connectivity index (χ1v) is 15.9. The number of hydrogen-bond acceptors (Lipinski definition) is 7. The van der Waals surface area contributed by atoms with E-state index in [1.165, 1.54) is 0 Å².